The average molecular weight is 380 g/mol. The molecule has 1 aromatic carbocycles. The van der Waals surface area contributed by atoms with E-state index in [0.29, 0.717) is 17.2 Å². The van der Waals surface area contributed by atoms with Gasteiger partial charge in [0.05, 0.1) is 10.1 Å². The number of rotatable bonds is 3. The quantitative estimate of drug-likeness (QED) is 0.584. The van der Waals surface area contributed by atoms with Crippen LogP contribution in [0.25, 0.3) is 5.32 Å². The van der Waals surface area contributed by atoms with Crippen LogP contribution in [0.15, 0.2) is 29.2 Å². The minimum atomic E-state index is -3.92. The topological polar surface area (TPSA) is 111 Å². The number of carbonyl (C=O) groups excluding carboxylic acids is 1. The van der Waals surface area contributed by atoms with Crippen LogP contribution < -0.4 is 5.11 Å². The number of benzene rings is 1. The number of nitrogens with zero attached hydrogens (tertiary/aromatic N) is 1. The standard InChI is InChI=1S/C9H13S.C4H10N.C2H4O2.CH4O3S/c1-8-5-4-6-9(7-8)10(2)3;1-3-5-4-2;1-2(3)4;1-5(2,3)4/h4-7H,1-3H3;3-4H2,1-2H3;1H3,(H,3,4);1H3,(H,2,3,4)/q+1;-1;;/p-2. The SMILES string of the molecule is CC(=O)[O-].CC[N-]CC.CS(=O)(=O)[O-].Cc1cccc([S+](C)C)c1. The van der Waals surface area contributed by atoms with Crippen LogP contribution in [0.2, 0.25) is 0 Å². The normalized spacial score (nSPS) is 9.54. The number of carboxylic acid groups (broad SMARTS) is 1. The van der Waals surface area contributed by atoms with Gasteiger partial charge in [0.25, 0.3) is 0 Å². The summed E-state index contributed by atoms with van der Waals surface area (Å²) in [5, 5.41) is 12.9. The van der Waals surface area contributed by atoms with Crippen LogP contribution in [0.1, 0.15) is 26.3 Å². The molecule has 0 unspecified atom stereocenters. The van der Waals surface area contributed by atoms with Crippen molar-refractivity contribution in [2.45, 2.75) is 32.6 Å². The van der Waals surface area contributed by atoms with Crippen molar-refractivity contribution in [3.8, 4) is 0 Å². The van der Waals surface area contributed by atoms with Gasteiger partial charge in [-0.3, -0.25) is 0 Å². The fourth-order valence-corrected chi connectivity index (χ4v) is 1.87. The molecule has 0 atom stereocenters. The number of carboxylic acids is 1. The summed E-state index contributed by atoms with van der Waals surface area (Å²) < 4.78 is 27.2. The zero-order valence-corrected chi connectivity index (χ0v) is 17.2. The van der Waals surface area contributed by atoms with E-state index < -0.39 is 16.1 Å². The molecule has 0 N–H and O–H groups in total. The van der Waals surface area contributed by atoms with E-state index in [9.17, 15) is 0 Å². The second-order valence-corrected chi connectivity index (χ2v) is 8.20. The van der Waals surface area contributed by atoms with E-state index >= 15 is 0 Å². The molecule has 0 spiro atoms. The van der Waals surface area contributed by atoms with Crippen LogP contribution in [-0.2, 0) is 25.8 Å². The zero-order valence-electron chi connectivity index (χ0n) is 15.5. The second-order valence-electron chi connectivity index (χ2n) is 4.68. The molecular weight excluding hydrogens is 350 g/mol. The van der Waals surface area contributed by atoms with Gasteiger partial charge in [0.15, 0.2) is 4.90 Å². The molecule has 0 amide bonds. The van der Waals surface area contributed by atoms with Crippen molar-refractivity contribution in [3.05, 3.63) is 35.1 Å². The lowest BCUT2D eigenvalue weighted by molar-refractivity contribution is -0.302. The van der Waals surface area contributed by atoms with Crippen LogP contribution in [0, 0.1) is 6.92 Å². The predicted octanol–water partition coefficient (Wildman–Crippen LogP) is 1.55. The molecule has 0 saturated carbocycles. The molecule has 0 heterocycles. The molecule has 0 radical (unpaired) electrons. The van der Waals surface area contributed by atoms with Gasteiger partial charge in [-0.05, 0) is 31.5 Å². The Bertz CT molecular complexity index is 517. The Labute approximate surface area is 149 Å². The maximum Gasteiger partial charge on any atom is 0.154 e. The van der Waals surface area contributed by atoms with Crippen molar-refractivity contribution in [1.82, 2.24) is 0 Å². The fourth-order valence-electron chi connectivity index (χ4n) is 1.09. The molecule has 8 heteroatoms. The zero-order chi connectivity index (χ0) is 19.8. The predicted molar refractivity (Wildman–Crippen MR) is 99.4 cm³/mol. The smallest absolute Gasteiger partial charge is 0.154 e. The average Bonchev–Trinajstić information content (AvgIpc) is 2.37. The fraction of sp³-hybridized carbons (Fsp3) is 0.562. The molecule has 0 aliphatic rings. The summed E-state index contributed by atoms with van der Waals surface area (Å²) in [7, 11) is -3.51. The molecule has 0 aliphatic heterocycles. The highest BCUT2D eigenvalue weighted by atomic mass is 32.2. The minimum absolute atomic E-state index is 0.411. The van der Waals surface area contributed by atoms with Gasteiger partial charge in [-0.15, -0.1) is 0 Å². The summed E-state index contributed by atoms with van der Waals surface area (Å²) in [5.74, 6) is -1.08. The maximum absolute atomic E-state index is 9.08. The van der Waals surface area contributed by atoms with Crippen molar-refractivity contribution in [1.29, 1.82) is 0 Å². The Hall–Kier alpha value is -1.09. The van der Waals surface area contributed by atoms with Crippen molar-refractivity contribution in [2.75, 3.05) is 31.9 Å². The summed E-state index contributed by atoms with van der Waals surface area (Å²) in [6, 6.07) is 8.70. The molecular formula is C16H29NO5S2-2. The molecule has 6 nitrogen and oxygen atoms in total. The first-order valence-corrected chi connectivity index (χ1v) is 11.1. The van der Waals surface area contributed by atoms with Crippen molar-refractivity contribution >= 4 is 27.0 Å². The number of hydrogen-bond acceptors (Lipinski definition) is 5. The van der Waals surface area contributed by atoms with Gasteiger partial charge in [-0.25, -0.2) is 8.42 Å². The summed E-state index contributed by atoms with van der Waals surface area (Å²) in [6.45, 7) is 9.14. The molecule has 0 saturated heterocycles. The highest BCUT2D eigenvalue weighted by Gasteiger charge is 2.05. The summed E-state index contributed by atoms with van der Waals surface area (Å²) in [4.78, 5) is 10.3. The van der Waals surface area contributed by atoms with Crippen molar-refractivity contribution in [3.63, 3.8) is 0 Å². The summed E-state index contributed by atoms with van der Waals surface area (Å²) in [5.41, 5.74) is 1.36. The Balaban J connectivity index is -0.000000270. The van der Waals surface area contributed by atoms with Gasteiger partial charge < -0.3 is 19.8 Å². The Morgan fingerprint density at radius 2 is 1.58 bits per heavy atom. The number of carbonyl (C=O) groups is 1. The van der Waals surface area contributed by atoms with Gasteiger partial charge in [0.1, 0.15) is 12.5 Å². The third-order valence-corrected chi connectivity index (χ3v) is 3.10. The Morgan fingerprint density at radius 3 is 1.75 bits per heavy atom. The van der Waals surface area contributed by atoms with Crippen LogP contribution >= 0.6 is 0 Å². The Kier molecular flexibility index (Phi) is 19.4. The van der Waals surface area contributed by atoms with Crippen LogP contribution in [-0.4, -0.2) is 50.8 Å². The lowest BCUT2D eigenvalue weighted by Gasteiger charge is -2.07. The summed E-state index contributed by atoms with van der Waals surface area (Å²) in [6.07, 6.45) is 5.09. The van der Waals surface area contributed by atoms with Crippen LogP contribution in [0.5, 0.6) is 0 Å². The molecule has 0 aliphatic carbocycles. The van der Waals surface area contributed by atoms with E-state index in [1.165, 1.54) is 10.5 Å². The van der Waals surface area contributed by atoms with E-state index in [2.05, 4.69) is 49.0 Å². The van der Waals surface area contributed by atoms with Gasteiger partial charge >= 0.3 is 0 Å². The van der Waals surface area contributed by atoms with E-state index in [0.717, 1.165) is 20.0 Å². The van der Waals surface area contributed by atoms with E-state index in [-0.39, 0.29) is 0 Å². The molecule has 24 heavy (non-hydrogen) atoms. The largest absolute Gasteiger partial charge is 0.748 e. The molecule has 1 aromatic rings. The first kappa shape index (κ1) is 27.7. The highest BCUT2D eigenvalue weighted by Crippen LogP contribution is 2.09. The van der Waals surface area contributed by atoms with E-state index in [1.807, 2.05) is 13.8 Å². The minimum Gasteiger partial charge on any atom is -0.748 e. The second kappa shape index (κ2) is 16.8. The van der Waals surface area contributed by atoms with E-state index in [4.69, 9.17) is 22.9 Å². The lowest BCUT2D eigenvalue weighted by Crippen LogP contribution is -2.16. The molecule has 0 bridgehead atoms. The molecule has 0 aromatic heterocycles. The molecule has 1 rings (SSSR count). The lowest BCUT2D eigenvalue weighted by atomic mass is 10.2. The van der Waals surface area contributed by atoms with Crippen molar-refractivity contribution in [2.24, 2.45) is 0 Å². The van der Waals surface area contributed by atoms with Gasteiger partial charge in [0, 0.05) is 23.1 Å². The third-order valence-electron chi connectivity index (χ3n) is 1.91. The number of hydrogen-bond donors (Lipinski definition) is 0. The highest BCUT2D eigenvalue weighted by molar-refractivity contribution is 7.95. The van der Waals surface area contributed by atoms with Gasteiger partial charge in [-0.1, -0.05) is 26.0 Å². The summed E-state index contributed by atoms with van der Waals surface area (Å²) >= 11 is 0. The van der Waals surface area contributed by atoms with E-state index in [1.54, 1.807) is 0 Å². The maximum atomic E-state index is 9.08. The number of aryl methyl sites for hydroxylation is 1. The third kappa shape index (κ3) is 37.3. The molecule has 142 valence electrons. The Morgan fingerprint density at radius 1 is 1.21 bits per heavy atom. The van der Waals surface area contributed by atoms with Gasteiger partial charge in [0.2, 0.25) is 0 Å². The van der Waals surface area contributed by atoms with Crippen LogP contribution in [0.4, 0.5) is 0 Å². The van der Waals surface area contributed by atoms with Crippen molar-refractivity contribution < 1.29 is 22.9 Å². The molecule has 0 fully saturated rings. The van der Waals surface area contributed by atoms with Gasteiger partial charge in [-0.2, -0.15) is 13.1 Å². The first-order chi connectivity index (χ1) is 10.8. The van der Waals surface area contributed by atoms with Crippen LogP contribution in [0.3, 0.4) is 0 Å². The monoisotopic (exact) mass is 379 g/mol. The number of aliphatic carboxylic acids is 1. The first-order valence-electron chi connectivity index (χ1n) is 7.21.